The first-order valence-corrected chi connectivity index (χ1v) is 7.87. The van der Waals surface area contributed by atoms with Crippen LogP contribution in [0.5, 0.6) is 11.5 Å². The molecule has 1 aliphatic carbocycles. The maximum Gasteiger partial charge on any atom is 0.235 e. The van der Waals surface area contributed by atoms with Gasteiger partial charge in [0.2, 0.25) is 6.08 Å². The largest absolute Gasteiger partial charge is 0.493 e. The molecule has 4 rings (SSSR count). The van der Waals surface area contributed by atoms with Gasteiger partial charge in [-0.3, -0.25) is 0 Å². The average Bonchev–Trinajstić information content (AvgIpc) is 3.29. The minimum Gasteiger partial charge on any atom is -0.493 e. The number of fused-ring (bicyclic) bond motifs is 2. The molecule has 4 nitrogen and oxygen atoms in total. The number of nitrogens with zero attached hydrogens (tertiary/aromatic N) is 1. The summed E-state index contributed by atoms with van der Waals surface area (Å²) in [5.74, 6) is 1.64. The molecule has 21 heavy (non-hydrogen) atoms. The van der Waals surface area contributed by atoms with E-state index >= 15 is 0 Å². The Kier molecular flexibility index (Phi) is 2.98. The molecule has 1 aromatic rings. The van der Waals surface area contributed by atoms with Crippen LogP contribution in [0.1, 0.15) is 42.4 Å². The van der Waals surface area contributed by atoms with Crippen molar-refractivity contribution in [3.05, 3.63) is 21.7 Å². The van der Waals surface area contributed by atoms with E-state index in [9.17, 15) is 4.79 Å². The van der Waals surface area contributed by atoms with E-state index < -0.39 is 5.54 Å². The first kappa shape index (κ1) is 13.2. The Morgan fingerprint density at radius 2 is 1.71 bits per heavy atom. The first-order chi connectivity index (χ1) is 10.3. The Morgan fingerprint density at radius 3 is 2.38 bits per heavy atom. The van der Waals surface area contributed by atoms with Crippen molar-refractivity contribution in [3.8, 4) is 11.5 Å². The van der Waals surface area contributed by atoms with E-state index in [1.54, 1.807) is 6.08 Å². The van der Waals surface area contributed by atoms with Gasteiger partial charge in [0.1, 0.15) is 17.0 Å². The van der Waals surface area contributed by atoms with Crippen molar-refractivity contribution in [2.45, 2.75) is 44.1 Å². The molecule has 2 heterocycles. The normalized spacial score (nSPS) is 21.2. The second-order valence-electron chi connectivity index (χ2n) is 5.94. The Labute approximate surface area is 128 Å². The molecule has 0 bridgehead atoms. The topological polar surface area (TPSA) is 47.9 Å². The number of rotatable bonds is 2. The lowest BCUT2D eigenvalue weighted by molar-refractivity contribution is 0.267. The van der Waals surface area contributed by atoms with Gasteiger partial charge in [0.25, 0.3) is 0 Å². The highest BCUT2D eigenvalue weighted by molar-refractivity contribution is 6.33. The number of aliphatic imine (C=N–C) groups is 1. The fourth-order valence-corrected chi connectivity index (χ4v) is 3.85. The predicted octanol–water partition coefficient (Wildman–Crippen LogP) is 3.31. The molecular weight excluding hydrogens is 290 g/mol. The minimum atomic E-state index is -0.446. The standard InChI is InChI=1S/C16H16ClNO3/c17-13-11-4-2-7-20-14(11)12(16(5-6-16)18-9-19)10-3-1-8-21-15(10)13/h1-8H2. The maximum atomic E-state index is 10.8. The number of hydrogen-bond acceptors (Lipinski definition) is 4. The average molecular weight is 306 g/mol. The van der Waals surface area contributed by atoms with Gasteiger partial charge in [0, 0.05) is 16.7 Å². The Morgan fingerprint density at radius 1 is 1.05 bits per heavy atom. The molecule has 0 N–H and O–H groups in total. The fourth-order valence-electron chi connectivity index (χ4n) is 3.50. The molecule has 0 radical (unpaired) electrons. The fraction of sp³-hybridized carbons (Fsp3) is 0.562. The second kappa shape index (κ2) is 4.75. The summed E-state index contributed by atoms with van der Waals surface area (Å²) in [7, 11) is 0. The van der Waals surface area contributed by atoms with Gasteiger partial charge in [-0.25, -0.2) is 4.79 Å². The summed E-state index contributed by atoms with van der Waals surface area (Å²) in [6, 6.07) is 0. The molecule has 3 aliphatic rings. The van der Waals surface area contributed by atoms with Gasteiger partial charge in [-0.05, 0) is 38.5 Å². The highest BCUT2D eigenvalue weighted by Crippen LogP contribution is 2.58. The number of benzene rings is 1. The van der Waals surface area contributed by atoms with E-state index in [1.807, 2.05) is 0 Å². The highest BCUT2D eigenvalue weighted by atomic mass is 35.5. The second-order valence-corrected chi connectivity index (χ2v) is 6.32. The molecule has 0 spiro atoms. The lowest BCUT2D eigenvalue weighted by Gasteiger charge is -2.30. The molecule has 0 unspecified atom stereocenters. The smallest absolute Gasteiger partial charge is 0.235 e. The quantitative estimate of drug-likeness (QED) is 0.622. The van der Waals surface area contributed by atoms with Crippen LogP contribution in [0.4, 0.5) is 0 Å². The van der Waals surface area contributed by atoms with Crippen molar-refractivity contribution in [3.63, 3.8) is 0 Å². The molecule has 1 aromatic carbocycles. The molecule has 0 atom stereocenters. The summed E-state index contributed by atoms with van der Waals surface area (Å²) in [6.07, 6.45) is 7.17. The van der Waals surface area contributed by atoms with Crippen LogP contribution < -0.4 is 9.47 Å². The summed E-state index contributed by atoms with van der Waals surface area (Å²) < 4.78 is 11.8. The molecule has 0 aromatic heterocycles. The first-order valence-electron chi connectivity index (χ1n) is 7.49. The van der Waals surface area contributed by atoms with Gasteiger partial charge in [0.05, 0.1) is 18.2 Å². The number of carbonyl (C=O) groups excluding carboxylic acids is 1. The summed E-state index contributed by atoms with van der Waals surface area (Å²) in [5.41, 5.74) is 2.70. The van der Waals surface area contributed by atoms with Crippen molar-refractivity contribution in [2.24, 2.45) is 4.99 Å². The van der Waals surface area contributed by atoms with Gasteiger partial charge in [-0.1, -0.05) is 11.6 Å². The van der Waals surface area contributed by atoms with Crippen LogP contribution in [0.2, 0.25) is 5.02 Å². The number of ether oxygens (including phenoxy) is 2. The summed E-state index contributed by atoms with van der Waals surface area (Å²) in [5, 5.41) is 0.689. The lowest BCUT2D eigenvalue weighted by atomic mass is 9.88. The molecular formula is C16H16ClNO3. The zero-order valence-corrected chi connectivity index (χ0v) is 12.5. The Bertz CT molecular complexity index is 623. The van der Waals surface area contributed by atoms with E-state index in [0.29, 0.717) is 18.2 Å². The zero-order chi connectivity index (χ0) is 14.4. The SMILES string of the molecule is O=C=NC1(c2c3c(c(Cl)c4c2OCCC4)OCCC3)CC1. The highest BCUT2D eigenvalue weighted by Gasteiger charge is 2.50. The van der Waals surface area contributed by atoms with E-state index in [-0.39, 0.29) is 0 Å². The van der Waals surface area contributed by atoms with Crippen molar-refractivity contribution in [1.82, 2.24) is 0 Å². The van der Waals surface area contributed by atoms with Crippen molar-refractivity contribution in [2.75, 3.05) is 13.2 Å². The van der Waals surface area contributed by atoms with Crippen molar-refractivity contribution >= 4 is 17.7 Å². The molecule has 0 amide bonds. The number of isocyanates is 1. The number of hydrogen-bond donors (Lipinski definition) is 0. The van der Waals surface area contributed by atoms with E-state index in [1.165, 1.54) is 0 Å². The van der Waals surface area contributed by atoms with Crippen molar-refractivity contribution < 1.29 is 14.3 Å². The van der Waals surface area contributed by atoms with Gasteiger partial charge in [-0.15, -0.1) is 0 Å². The summed E-state index contributed by atoms with van der Waals surface area (Å²) >= 11 is 6.55. The maximum absolute atomic E-state index is 10.8. The Hall–Kier alpha value is -1.51. The Balaban J connectivity index is 2.01. The van der Waals surface area contributed by atoms with Gasteiger partial charge < -0.3 is 9.47 Å². The van der Waals surface area contributed by atoms with Crippen LogP contribution in [0.15, 0.2) is 4.99 Å². The molecule has 1 saturated carbocycles. The third-order valence-corrected chi connectivity index (χ3v) is 5.02. The molecule has 2 aliphatic heterocycles. The van der Waals surface area contributed by atoms with Crippen LogP contribution in [-0.4, -0.2) is 19.3 Å². The minimum absolute atomic E-state index is 0.446. The van der Waals surface area contributed by atoms with E-state index in [0.717, 1.165) is 66.7 Å². The van der Waals surface area contributed by atoms with Crippen LogP contribution >= 0.6 is 11.6 Å². The third-order valence-electron chi connectivity index (χ3n) is 4.62. The molecule has 110 valence electrons. The van der Waals surface area contributed by atoms with E-state index in [2.05, 4.69) is 4.99 Å². The number of halogens is 1. The van der Waals surface area contributed by atoms with Crippen molar-refractivity contribution in [1.29, 1.82) is 0 Å². The van der Waals surface area contributed by atoms with Gasteiger partial charge in [0.15, 0.2) is 0 Å². The van der Waals surface area contributed by atoms with Crippen LogP contribution in [0.3, 0.4) is 0 Å². The van der Waals surface area contributed by atoms with E-state index in [4.69, 9.17) is 21.1 Å². The summed E-state index contributed by atoms with van der Waals surface area (Å²) in [4.78, 5) is 14.9. The van der Waals surface area contributed by atoms with Gasteiger partial charge >= 0.3 is 0 Å². The van der Waals surface area contributed by atoms with Crippen LogP contribution in [-0.2, 0) is 23.2 Å². The zero-order valence-electron chi connectivity index (χ0n) is 11.7. The molecule has 5 heteroatoms. The molecule has 1 fully saturated rings. The summed E-state index contributed by atoms with van der Waals surface area (Å²) in [6.45, 7) is 1.38. The van der Waals surface area contributed by atoms with Gasteiger partial charge in [-0.2, -0.15) is 4.99 Å². The third kappa shape index (κ3) is 1.90. The monoisotopic (exact) mass is 305 g/mol. The van der Waals surface area contributed by atoms with Crippen LogP contribution in [0, 0.1) is 0 Å². The lowest BCUT2D eigenvalue weighted by Crippen LogP contribution is -2.21. The van der Waals surface area contributed by atoms with Crippen LogP contribution in [0.25, 0.3) is 0 Å². The molecule has 0 saturated heterocycles. The predicted molar refractivity (Wildman–Crippen MR) is 78.1 cm³/mol.